The fraction of sp³-hybridized carbons (Fsp3) is 0.273. The summed E-state index contributed by atoms with van der Waals surface area (Å²) in [6.45, 7) is 0.453. The second kappa shape index (κ2) is 9.49. The van der Waals surface area contributed by atoms with Crippen LogP contribution in [0.1, 0.15) is 35.5 Å². The summed E-state index contributed by atoms with van der Waals surface area (Å²) < 4.78 is 5.74. The zero-order chi connectivity index (χ0) is 21.8. The molecular formula is C22H20Cl2N4O3. The standard InChI is InChI=1S/C22H20Cl2N4O3/c23-15-7-5-14(6-8-15)22-27-26-19(31-22)13-28(16-9-10-16)20(29)11-12-25-21(30)17-3-1-2-4-18(17)24/h1-8,16H,9-13H2,(H,25,30). The zero-order valence-corrected chi connectivity index (χ0v) is 18.1. The Morgan fingerprint density at radius 1 is 1.06 bits per heavy atom. The summed E-state index contributed by atoms with van der Waals surface area (Å²) >= 11 is 11.9. The SMILES string of the molecule is O=C(NCCC(=O)N(Cc1nnc(-c2ccc(Cl)cc2)o1)C1CC1)c1ccccc1Cl. The smallest absolute Gasteiger partial charge is 0.252 e. The van der Waals surface area contributed by atoms with Crippen molar-refractivity contribution < 1.29 is 14.0 Å². The number of nitrogens with one attached hydrogen (secondary N) is 1. The molecule has 3 aromatic rings. The van der Waals surface area contributed by atoms with Crippen LogP contribution >= 0.6 is 23.2 Å². The molecule has 0 aliphatic heterocycles. The molecule has 0 unspecified atom stereocenters. The number of halogens is 2. The molecule has 4 rings (SSSR count). The largest absolute Gasteiger partial charge is 0.419 e. The Morgan fingerprint density at radius 2 is 1.81 bits per heavy atom. The van der Waals surface area contributed by atoms with Crippen molar-refractivity contribution in [2.24, 2.45) is 0 Å². The number of hydrogen-bond acceptors (Lipinski definition) is 5. The van der Waals surface area contributed by atoms with Gasteiger partial charge in [-0.25, -0.2) is 0 Å². The van der Waals surface area contributed by atoms with Gasteiger partial charge in [0.05, 0.1) is 17.1 Å². The van der Waals surface area contributed by atoms with E-state index in [1.165, 1.54) is 0 Å². The van der Waals surface area contributed by atoms with E-state index >= 15 is 0 Å². The molecule has 1 heterocycles. The monoisotopic (exact) mass is 458 g/mol. The van der Waals surface area contributed by atoms with E-state index in [1.54, 1.807) is 53.4 Å². The van der Waals surface area contributed by atoms with Gasteiger partial charge >= 0.3 is 0 Å². The molecule has 1 fully saturated rings. The lowest BCUT2D eigenvalue weighted by Crippen LogP contribution is -2.35. The summed E-state index contributed by atoms with van der Waals surface area (Å²) in [4.78, 5) is 26.8. The Balaban J connectivity index is 1.34. The van der Waals surface area contributed by atoms with Crippen LogP contribution in [0.2, 0.25) is 10.0 Å². The first-order chi connectivity index (χ1) is 15.0. The van der Waals surface area contributed by atoms with Crippen LogP contribution < -0.4 is 5.32 Å². The van der Waals surface area contributed by atoms with Gasteiger partial charge in [0.15, 0.2) is 0 Å². The maximum absolute atomic E-state index is 12.8. The lowest BCUT2D eigenvalue weighted by atomic mass is 10.2. The zero-order valence-electron chi connectivity index (χ0n) is 16.6. The molecule has 160 valence electrons. The van der Waals surface area contributed by atoms with Crippen LogP contribution in [0.4, 0.5) is 0 Å². The molecule has 0 radical (unpaired) electrons. The number of nitrogens with zero attached hydrogens (tertiary/aromatic N) is 3. The molecule has 9 heteroatoms. The third-order valence-corrected chi connectivity index (χ3v) is 5.50. The van der Waals surface area contributed by atoms with Gasteiger partial charge in [0.2, 0.25) is 17.7 Å². The number of benzene rings is 2. The predicted molar refractivity (Wildman–Crippen MR) is 117 cm³/mol. The molecule has 7 nitrogen and oxygen atoms in total. The van der Waals surface area contributed by atoms with Crippen molar-refractivity contribution in [3.05, 3.63) is 70.0 Å². The molecule has 1 aromatic heterocycles. The van der Waals surface area contributed by atoms with Crippen LogP contribution in [-0.2, 0) is 11.3 Å². The van der Waals surface area contributed by atoms with Crippen LogP contribution in [0.5, 0.6) is 0 Å². The molecule has 0 bridgehead atoms. The van der Waals surface area contributed by atoms with Crippen LogP contribution in [-0.4, -0.2) is 39.5 Å². The van der Waals surface area contributed by atoms with E-state index in [2.05, 4.69) is 15.5 Å². The molecule has 0 saturated heterocycles. The van der Waals surface area contributed by atoms with Gasteiger partial charge in [-0.3, -0.25) is 9.59 Å². The average Bonchev–Trinajstić information content (AvgIpc) is 3.50. The number of carbonyl (C=O) groups excluding carboxylic acids is 2. The van der Waals surface area contributed by atoms with Crippen LogP contribution in [0, 0.1) is 0 Å². The Kier molecular flexibility index (Phi) is 6.53. The summed E-state index contributed by atoms with van der Waals surface area (Å²) in [7, 11) is 0. The van der Waals surface area contributed by atoms with Crippen LogP contribution in [0.25, 0.3) is 11.5 Å². The van der Waals surface area contributed by atoms with Crippen molar-refractivity contribution in [3.8, 4) is 11.5 Å². The average molecular weight is 459 g/mol. The minimum Gasteiger partial charge on any atom is -0.419 e. The molecule has 1 aliphatic carbocycles. The van der Waals surface area contributed by atoms with E-state index in [9.17, 15) is 9.59 Å². The Morgan fingerprint density at radius 3 is 2.52 bits per heavy atom. The second-order valence-electron chi connectivity index (χ2n) is 7.25. The minimum atomic E-state index is -0.305. The van der Waals surface area contributed by atoms with E-state index in [0.29, 0.717) is 27.4 Å². The van der Waals surface area contributed by atoms with Gasteiger partial charge in [-0.1, -0.05) is 35.3 Å². The summed E-state index contributed by atoms with van der Waals surface area (Å²) in [5.41, 5.74) is 1.14. The van der Waals surface area contributed by atoms with Crippen molar-refractivity contribution in [2.45, 2.75) is 31.8 Å². The highest BCUT2D eigenvalue weighted by molar-refractivity contribution is 6.33. The molecule has 1 aliphatic rings. The van der Waals surface area contributed by atoms with E-state index in [-0.39, 0.29) is 37.4 Å². The number of amides is 2. The fourth-order valence-corrected chi connectivity index (χ4v) is 3.49. The van der Waals surface area contributed by atoms with E-state index in [4.69, 9.17) is 27.6 Å². The second-order valence-corrected chi connectivity index (χ2v) is 8.09. The molecular weight excluding hydrogens is 439 g/mol. The molecule has 1 N–H and O–H groups in total. The van der Waals surface area contributed by atoms with Crippen molar-refractivity contribution in [2.75, 3.05) is 6.54 Å². The van der Waals surface area contributed by atoms with E-state index in [1.807, 2.05) is 0 Å². The highest BCUT2D eigenvalue weighted by Crippen LogP contribution is 2.29. The molecule has 0 atom stereocenters. The first-order valence-electron chi connectivity index (χ1n) is 9.92. The minimum absolute atomic E-state index is 0.0757. The van der Waals surface area contributed by atoms with Gasteiger partial charge in [-0.2, -0.15) is 0 Å². The lowest BCUT2D eigenvalue weighted by molar-refractivity contribution is -0.132. The van der Waals surface area contributed by atoms with Crippen molar-refractivity contribution in [1.29, 1.82) is 0 Å². The van der Waals surface area contributed by atoms with E-state index < -0.39 is 0 Å². The highest BCUT2D eigenvalue weighted by Gasteiger charge is 2.33. The van der Waals surface area contributed by atoms with Gasteiger partial charge in [0.1, 0.15) is 0 Å². The molecule has 0 spiro atoms. The molecule has 1 saturated carbocycles. The maximum Gasteiger partial charge on any atom is 0.252 e. The van der Waals surface area contributed by atoms with Gasteiger partial charge in [0.25, 0.3) is 5.91 Å². The number of carbonyl (C=O) groups is 2. The summed E-state index contributed by atoms with van der Waals surface area (Å²) in [6.07, 6.45) is 2.05. The number of aromatic nitrogens is 2. The topological polar surface area (TPSA) is 88.3 Å². The lowest BCUT2D eigenvalue weighted by Gasteiger charge is -2.20. The third kappa shape index (κ3) is 5.42. The summed E-state index contributed by atoms with van der Waals surface area (Å²) in [5.74, 6) is 0.362. The van der Waals surface area contributed by atoms with Gasteiger partial charge in [-0.15, -0.1) is 10.2 Å². The van der Waals surface area contributed by atoms with Crippen molar-refractivity contribution in [3.63, 3.8) is 0 Å². The third-order valence-electron chi connectivity index (χ3n) is 4.91. The van der Waals surface area contributed by atoms with Crippen LogP contribution in [0.3, 0.4) is 0 Å². The fourth-order valence-electron chi connectivity index (χ4n) is 3.15. The number of hydrogen-bond donors (Lipinski definition) is 1. The summed E-state index contributed by atoms with van der Waals surface area (Å²) in [6, 6.07) is 14.0. The molecule has 2 aromatic carbocycles. The van der Waals surface area contributed by atoms with E-state index in [0.717, 1.165) is 18.4 Å². The van der Waals surface area contributed by atoms with Gasteiger partial charge < -0.3 is 14.6 Å². The summed E-state index contributed by atoms with van der Waals surface area (Å²) in [5, 5.41) is 11.9. The van der Waals surface area contributed by atoms with Crippen molar-refractivity contribution >= 4 is 35.0 Å². The van der Waals surface area contributed by atoms with Crippen LogP contribution in [0.15, 0.2) is 52.9 Å². The highest BCUT2D eigenvalue weighted by atomic mass is 35.5. The van der Waals surface area contributed by atoms with Gasteiger partial charge in [-0.05, 0) is 49.2 Å². The molecule has 2 amide bonds. The molecule has 31 heavy (non-hydrogen) atoms. The quantitative estimate of drug-likeness (QED) is 0.541. The van der Waals surface area contributed by atoms with Crippen molar-refractivity contribution in [1.82, 2.24) is 20.4 Å². The first kappa shape index (κ1) is 21.3. The maximum atomic E-state index is 12.8. The predicted octanol–water partition coefficient (Wildman–Crippen LogP) is 4.35. The Hall–Kier alpha value is -2.90. The first-order valence-corrected chi connectivity index (χ1v) is 10.7. The Bertz CT molecular complexity index is 1080. The normalized spacial score (nSPS) is 13.1. The number of rotatable bonds is 8. The Labute approximate surface area is 189 Å². The van der Waals surface area contributed by atoms with Gasteiger partial charge in [0, 0.05) is 29.6 Å².